The lowest BCUT2D eigenvalue weighted by molar-refractivity contribution is 0.558. The summed E-state index contributed by atoms with van der Waals surface area (Å²) in [5.41, 5.74) is 0. The van der Waals surface area contributed by atoms with Gasteiger partial charge in [0.25, 0.3) is 0 Å². The minimum Gasteiger partial charge on any atom is -0.470 e. The third-order valence-corrected chi connectivity index (χ3v) is 8.10. The van der Waals surface area contributed by atoms with Gasteiger partial charge in [-0.3, -0.25) is 0 Å². The summed E-state index contributed by atoms with van der Waals surface area (Å²) < 4.78 is 10.9. The Morgan fingerprint density at radius 1 is 0.462 bits per heavy atom. The van der Waals surface area contributed by atoms with E-state index in [4.69, 9.17) is 8.83 Å². The molecule has 4 aromatic rings. The molecule has 4 rings (SSSR count). The maximum Gasteiger partial charge on any atom is 0.106 e. The summed E-state index contributed by atoms with van der Waals surface area (Å²) in [7, 11) is 3.37. The quantitative estimate of drug-likeness (QED) is 0.284. The maximum absolute atomic E-state index is 5.43. The highest BCUT2D eigenvalue weighted by Crippen LogP contribution is 2.47. The smallest absolute Gasteiger partial charge is 0.106 e. The molecule has 0 saturated heterocycles. The Morgan fingerprint density at radius 2 is 0.846 bits per heavy atom. The van der Waals surface area contributed by atoms with Crippen molar-refractivity contribution in [3.63, 3.8) is 0 Å². The van der Waals surface area contributed by atoms with E-state index in [2.05, 4.69) is 24.3 Å². The van der Waals surface area contributed by atoms with Crippen molar-refractivity contribution in [1.29, 1.82) is 0 Å². The highest BCUT2D eigenvalue weighted by atomic mass is 33.1. The largest absolute Gasteiger partial charge is 0.470 e. The van der Waals surface area contributed by atoms with Gasteiger partial charge < -0.3 is 8.83 Å². The monoisotopic (exact) mass is 414 g/mol. The molecule has 0 saturated carbocycles. The van der Waals surface area contributed by atoms with Gasteiger partial charge in [-0.25, -0.2) is 0 Å². The molecule has 0 aliphatic carbocycles. The number of hydrogen-bond donors (Lipinski definition) is 0. The normalized spacial score (nSPS) is 10.9. The zero-order chi connectivity index (χ0) is 17.6. The van der Waals surface area contributed by atoms with E-state index in [1.165, 1.54) is 9.79 Å². The van der Waals surface area contributed by atoms with Crippen molar-refractivity contribution in [2.24, 2.45) is 0 Å². The molecule has 2 nitrogen and oxygen atoms in total. The van der Waals surface area contributed by atoms with Gasteiger partial charge in [0.15, 0.2) is 0 Å². The van der Waals surface area contributed by atoms with Crippen LogP contribution in [0.3, 0.4) is 0 Å². The fourth-order valence-corrected chi connectivity index (χ4v) is 6.50. The van der Waals surface area contributed by atoms with Crippen LogP contribution in [0.15, 0.2) is 124 Å². The third kappa shape index (κ3) is 4.57. The summed E-state index contributed by atoms with van der Waals surface area (Å²) in [6.45, 7) is 0. The van der Waals surface area contributed by atoms with E-state index in [0.717, 1.165) is 19.6 Å². The lowest BCUT2D eigenvalue weighted by Crippen LogP contribution is -1.73. The second-order valence-corrected chi connectivity index (χ2v) is 9.64. The lowest BCUT2D eigenvalue weighted by atomic mass is 10.4. The van der Waals surface area contributed by atoms with Gasteiger partial charge in [0.1, 0.15) is 25.1 Å². The molecule has 6 heteroatoms. The van der Waals surface area contributed by atoms with Gasteiger partial charge in [-0.1, -0.05) is 59.9 Å². The van der Waals surface area contributed by atoms with Crippen LogP contribution in [0, 0.1) is 0 Å². The molecule has 2 aromatic carbocycles. The summed E-state index contributed by atoms with van der Waals surface area (Å²) in [6.07, 6.45) is 7.20. The van der Waals surface area contributed by atoms with Crippen LogP contribution < -0.4 is 0 Å². The summed E-state index contributed by atoms with van der Waals surface area (Å²) in [4.78, 5) is 6.86. The number of rotatable bonds is 7. The fraction of sp³-hybridized carbons (Fsp3) is 0. The first-order valence-electron chi connectivity index (χ1n) is 7.81. The van der Waals surface area contributed by atoms with E-state index in [0.29, 0.717) is 0 Å². The Morgan fingerprint density at radius 3 is 1.27 bits per heavy atom. The Hall–Kier alpha value is -1.60. The second kappa shape index (κ2) is 8.86. The average Bonchev–Trinajstić information content (AvgIpc) is 3.31. The molecule has 0 N–H and O–H groups in total. The summed E-state index contributed by atoms with van der Waals surface area (Å²) >= 11 is 3.42. The predicted octanol–water partition coefficient (Wildman–Crippen LogP) is 7.97. The van der Waals surface area contributed by atoms with Crippen molar-refractivity contribution >= 4 is 45.1 Å². The molecule has 0 aliphatic heterocycles. The van der Waals surface area contributed by atoms with Crippen LogP contribution in [0.4, 0.5) is 0 Å². The molecular weight excluding hydrogens is 400 g/mol. The van der Waals surface area contributed by atoms with Crippen molar-refractivity contribution < 1.29 is 8.83 Å². The zero-order valence-corrected chi connectivity index (χ0v) is 16.8. The first-order chi connectivity index (χ1) is 12.9. The van der Waals surface area contributed by atoms with E-state index in [-0.39, 0.29) is 0 Å². The van der Waals surface area contributed by atoms with Crippen LogP contribution >= 0.6 is 45.1 Å². The predicted molar refractivity (Wildman–Crippen MR) is 110 cm³/mol. The van der Waals surface area contributed by atoms with Gasteiger partial charge in [0.2, 0.25) is 0 Å². The molecule has 0 bridgehead atoms. The zero-order valence-electron chi connectivity index (χ0n) is 13.5. The molecule has 0 amide bonds. The van der Waals surface area contributed by atoms with E-state index in [1.807, 2.05) is 36.4 Å². The van der Waals surface area contributed by atoms with Gasteiger partial charge in [0.05, 0.1) is 19.6 Å². The maximum atomic E-state index is 5.43. The van der Waals surface area contributed by atoms with Crippen molar-refractivity contribution in [3.8, 4) is 0 Å². The van der Waals surface area contributed by atoms with Gasteiger partial charge in [-0.05, 0) is 45.9 Å². The van der Waals surface area contributed by atoms with Gasteiger partial charge in [0, 0.05) is 9.79 Å². The van der Waals surface area contributed by atoms with Crippen LogP contribution in [0.2, 0.25) is 0 Å². The molecule has 0 radical (unpaired) electrons. The first kappa shape index (κ1) is 17.8. The molecule has 0 unspecified atom stereocenters. The Balaban J connectivity index is 1.43. The summed E-state index contributed by atoms with van der Waals surface area (Å²) in [5.74, 6) is 0. The molecule has 26 heavy (non-hydrogen) atoms. The molecule has 0 atom stereocenters. The lowest BCUT2D eigenvalue weighted by Gasteiger charge is -2.03. The summed E-state index contributed by atoms with van der Waals surface area (Å²) in [5, 5.41) is 0. The Kier molecular flexibility index (Phi) is 6.07. The van der Waals surface area contributed by atoms with Crippen molar-refractivity contribution in [1.82, 2.24) is 0 Å². The molecule has 0 spiro atoms. The minimum absolute atomic E-state index is 1.11. The topological polar surface area (TPSA) is 26.3 Å². The van der Waals surface area contributed by atoms with Crippen LogP contribution in [-0.2, 0) is 0 Å². The average molecular weight is 415 g/mol. The third-order valence-electron chi connectivity index (χ3n) is 3.35. The second-order valence-electron chi connectivity index (χ2n) is 5.20. The molecular formula is C20H14O2S4. The standard InChI is InChI=1S/C20H14O2S4/c1-3-7-15(8-4-1)23-17-11-21-13-19(17)25-26-20-14-22-12-18(20)24-16-9-5-2-6-10-16/h1-14H. The highest BCUT2D eigenvalue weighted by molar-refractivity contribution is 8.76. The number of hydrogen-bond acceptors (Lipinski definition) is 6. The number of furan rings is 2. The first-order valence-corrected chi connectivity index (χ1v) is 11.6. The van der Waals surface area contributed by atoms with Crippen LogP contribution in [0.1, 0.15) is 0 Å². The van der Waals surface area contributed by atoms with Crippen molar-refractivity contribution in [3.05, 3.63) is 85.7 Å². The van der Waals surface area contributed by atoms with Crippen LogP contribution in [0.5, 0.6) is 0 Å². The molecule has 2 aromatic heterocycles. The molecule has 130 valence electrons. The van der Waals surface area contributed by atoms with E-state index in [9.17, 15) is 0 Å². The molecule has 2 heterocycles. The number of benzene rings is 2. The van der Waals surface area contributed by atoms with Crippen LogP contribution in [0.25, 0.3) is 0 Å². The minimum atomic E-state index is 1.11. The molecule has 0 fully saturated rings. The Labute approximate surface area is 168 Å². The van der Waals surface area contributed by atoms with E-state index in [1.54, 1.807) is 70.2 Å². The van der Waals surface area contributed by atoms with E-state index >= 15 is 0 Å². The Bertz CT molecular complexity index is 868. The van der Waals surface area contributed by atoms with Crippen molar-refractivity contribution in [2.75, 3.05) is 0 Å². The van der Waals surface area contributed by atoms with Gasteiger partial charge >= 0.3 is 0 Å². The highest BCUT2D eigenvalue weighted by Gasteiger charge is 2.13. The van der Waals surface area contributed by atoms with Crippen molar-refractivity contribution in [2.45, 2.75) is 29.4 Å². The van der Waals surface area contributed by atoms with Gasteiger partial charge in [-0.15, -0.1) is 0 Å². The summed E-state index contributed by atoms with van der Waals surface area (Å²) in [6, 6.07) is 20.6. The fourth-order valence-electron chi connectivity index (χ4n) is 2.14. The molecule has 0 aliphatic rings. The SMILES string of the molecule is c1ccc(Sc2cocc2SSc2cocc2Sc2ccccc2)cc1. The van der Waals surface area contributed by atoms with E-state index < -0.39 is 0 Å². The van der Waals surface area contributed by atoms with Crippen LogP contribution in [-0.4, -0.2) is 0 Å². The van der Waals surface area contributed by atoms with Gasteiger partial charge in [-0.2, -0.15) is 0 Å².